The second-order valence-electron chi connectivity index (χ2n) is 7.83. The van der Waals surface area contributed by atoms with E-state index in [0.717, 1.165) is 29.9 Å². The normalized spacial score (nSPS) is 20.5. The van der Waals surface area contributed by atoms with Crippen LogP contribution in [0.3, 0.4) is 0 Å². The van der Waals surface area contributed by atoms with Crippen LogP contribution in [0, 0.1) is 0 Å². The quantitative estimate of drug-likeness (QED) is 0.691. The number of anilines is 1. The van der Waals surface area contributed by atoms with Crippen LogP contribution in [0.15, 0.2) is 36.4 Å². The average Bonchev–Trinajstić information content (AvgIpc) is 3.30. The van der Waals surface area contributed by atoms with Gasteiger partial charge in [0.05, 0.1) is 0 Å². The predicted molar refractivity (Wildman–Crippen MR) is 107 cm³/mol. The second kappa shape index (κ2) is 7.00. The SMILES string of the molecule is O=C1CCC(N2Cc3cc(CNc4ccc5c(c4)CNC5)ccc3C2=O)C(=O)N1. The van der Waals surface area contributed by atoms with Crippen molar-refractivity contribution in [2.45, 2.75) is 45.1 Å². The van der Waals surface area contributed by atoms with Crippen LogP contribution in [0.5, 0.6) is 0 Å². The number of rotatable bonds is 4. The predicted octanol–water partition coefficient (Wildman–Crippen LogP) is 1.66. The Kier molecular flexibility index (Phi) is 4.32. The molecule has 3 amide bonds. The number of imide groups is 1. The highest BCUT2D eigenvalue weighted by Gasteiger charge is 2.39. The third-order valence-electron chi connectivity index (χ3n) is 5.92. The standard InChI is InChI=1S/C22H22N4O3/c27-20-6-5-19(21(28)25-20)26-12-16-7-13(1-4-18(16)22(26)29)9-24-17-3-2-14-10-23-11-15(14)8-17/h1-4,7-8,19,23-24H,5-6,9-12H2,(H,25,27,28). The Morgan fingerprint density at radius 3 is 2.72 bits per heavy atom. The van der Waals surface area contributed by atoms with Gasteiger partial charge in [-0.25, -0.2) is 0 Å². The number of piperidine rings is 1. The van der Waals surface area contributed by atoms with E-state index in [9.17, 15) is 14.4 Å². The molecule has 2 aromatic carbocycles. The zero-order valence-electron chi connectivity index (χ0n) is 16.0. The van der Waals surface area contributed by atoms with Gasteiger partial charge < -0.3 is 15.5 Å². The van der Waals surface area contributed by atoms with Crippen molar-refractivity contribution in [1.29, 1.82) is 0 Å². The number of amides is 3. The van der Waals surface area contributed by atoms with Gasteiger partial charge in [-0.3, -0.25) is 19.7 Å². The van der Waals surface area contributed by atoms with Gasteiger partial charge in [0.2, 0.25) is 11.8 Å². The summed E-state index contributed by atoms with van der Waals surface area (Å²) in [5.41, 5.74) is 6.41. The Balaban J connectivity index is 1.28. The molecule has 0 bridgehead atoms. The molecule has 2 aromatic rings. The van der Waals surface area contributed by atoms with Crippen molar-refractivity contribution in [3.05, 3.63) is 64.2 Å². The lowest BCUT2D eigenvalue weighted by Crippen LogP contribution is -2.52. The number of carbonyl (C=O) groups excluding carboxylic acids is 3. The zero-order valence-corrected chi connectivity index (χ0v) is 16.0. The van der Waals surface area contributed by atoms with Crippen molar-refractivity contribution in [3.63, 3.8) is 0 Å². The lowest BCUT2D eigenvalue weighted by atomic mass is 10.0. The molecular formula is C22H22N4O3. The molecule has 7 nitrogen and oxygen atoms in total. The summed E-state index contributed by atoms with van der Waals surface area (Å²) in [6, 6.07) is 11.7. The largest absolute Gasteiger partial charge is 0.381 e. The number of nitrogens with zero attached hydrogens (tertiary/aromatic N) is 1. The smallest absolute Gasteiger partial charge is 0.255 e. The minimum atomic E-state index is -0.575. The van der Waals surface area contributed by atoms with Crippen LogP contribution in [0.1, 0.15) is 45.5 Å². The maximum atomic E-state index is 12.8. The Labute approximate surface area is 168 Å². The van der Waals surface area contributed by atoms with E-state index in [2.05, 4.69) is 34.1 Å². The summed E-state index contributed by atoms with van der Waals surface area (Å²) in [5, 5.41) is 9.13. The molecule has 1 saturated heterocycles. The fourth-order valence-corrected chi connectivity index (χ4v) is 4.35. The molecule has 0 spiro atoms. The van der Waals surface area contributed by atoms with Crippen LogP contribution >= 0.6 is 0 Å². The maximum Gasteiger partial charge on any atom is 0.255 e. The van der Waals surface area contributed by atoms with E-state index in [4.69, 9.17) is 0 Å². The Morgan fingerprint density at radius 1 is 1.00 bits per heavy atom. The first-order valence-corrected chi connectivity index (χ1v) is 9.91. The number of carbonyl (C=O) groups is 3. The van der Waals surface area contributed by atoms with E-state index in [-0.39, 0.29) is 24.1 Å². The minimum Gasteiger partial charge on any atom is -0.381 e. The molecule has 3 N–H and O–H groups in total. The topological polar surface area (TPSA) is 90.5 Å². The first kappa shape index (κ1) is 17.9. The Bertz CT molecular complexity index is 1030. The van der Waals surface area contributed by atoms with Crippen molar-refractivity contribution in [2.24, 2.45) is 0 Å². The van der Waals surface area contributed by atoms with Crippen molar-refractivity contribution >= 4 is 23.4 Å². The van der Waals surface area contributed by atoms with Crippen LogP contribution < -0.4 is 16.0 Å². The highest BCUT2D eigenvalue weighted by Crippen LogP contribution is 2.28. The highest BCUT2D eigenvalue weighted by molar-refractivity contribution is 6.05. The molecule has 0 aliphatic carbocycles. The van der Waals surface area contributed by atoms with Gasteiger partial charge in [0.25, 0.3) is 5.91 Å². The molecule has 3 aliphatic heterocycles. The average molecular weight is 390 g/mol. The van der Waals surface area contributed by atoms with Crippen molar-refractivity contribution < 1.29 is 14.4 Å². The van der Waals surface area contributed by atoms with Crippen LogP contribution in [0.2, 0.25) is 0 Å². The van der Waals surface area contributed by atoms with Gasteiger partial charge in [-0.05, 0) is 46.9 Å². The lowest BCUT2D eigenvalue weighted by Gasteiger charge is -2.29. The maximum absolute atomic E-state index is 12.8. The zero-order chi connectivity index (χ0) is 20.0. The number of nitrogens with one attached hydrogen (secondary N) is 3. The van der Waals surface area contributed by atoms with E-state index < -0.39 is 6.04 Å². The van der Waals surface area contributed by atoms with Gasteiger partial charge in [0.15, 0.2) is 0 Å². The van der Waals surface area contributed by atoms with Crippen LogP contribution in [0.4, 0.5) is 5.69 Å². The number of hydrogen-bond acceptors (Lipinski definition) is 5. The second-order valence-corrected chi connectivity index (χ2v) is 7.83. The van der Waals surface area contributed by atoms with E-state index in [0.29, 0.717) is 25.1 Å². The van der Waals surface area contributed by atoms with Gasteiger partial charge in [-0.15, -0.1) is 0 Å². The summed E-state index contributed by atoms with van der Waals surface area (Å²) < 4.78 is 0. The van der Waals surface area contributed by atoms with Gasteiger partial charge >= 0.3 is 0 Å². The molecule has 3 aliphatic rings. The summed E-state index contributed by atoms with van der Waals surface area (Å²) in [5.74, 6) is -0.790. The van der Waals surface area contributed by atoms with E-state index in [1.165, 1.54) is 11.1 Å². The fourth-order valence-electron chi connectivity index (χ4n) is 4.35. The van der Waals surface area contributed by atoms with Gasteiger partial charge in [-0.1, -0.05) is 18.2 Å². The van der Waals surface area contributed by atoms with E-state index in [1.807, 2.05) is 18.2 Å². The molecular weight excluding hydrogens is 368 g/mol. The summed E-state index contributed by atoms with van der Waals surface area (Å²) in [6.45, 7) is 2.89. The summed E-state index contributed by atoms with van der Waals surface area (Å²) in [4.78, 5) is 37.9. The highest BCUT2D eigenvalue weighted by atomic mass is 16.2. The molecule has 29 heavy (non-hydrogen) atoms. The van der Waals surface area contributed by atoms with Gasteiger partial charge in [0.1, 0.15) is 6.04 Å². The van der Waals surface area contributed by atoms with Crippen LogP contribution in [0.25, 0.3) is 0 Å². The van der Waals surface area contributed by atoms with E-state index >= 15 is 0 Å². The monoisotopic (exact) mass is 390 g/mol. The third kappa shape index (κ3) is 3.27. The van der Waals surface area contributed by atoms with E-state index in [1.54, 1.807) is 4.90 Å². The fraction of sp³-hybridized carbons (Fsp3) is 0.318. The molecule has 3 heterocycles. The molecule has 1 fully saturated rings. The summed E-state index contributed by atoms with van der Waals surface area (Å²) in [6.07, 6.45) is 0.647. The molecule has 0 radical (unpaired) electrons. The molecule has 5 rings (SSSR count). The third-order valence-corrected chi connectivity index (χ3v) is 5.92. The molecule has 1 atom stereocenters. The van der Waals surface area contributed by atoms with Crippen LogP contribution in [-0.2, 0) is 35.8 Å². The minimum absolute atomic E-state index is 0.139. The molecule has 1 unspecified atom stereocenters. The Hall–Kier alpha value is -3.19. The molecule has 7 heteroatoms. The van der Waals surface area contributed by atoms with Crippen LogP contribution in [-0.4, -0.2) is 28.7 Å². The number of benzene rings is 2. The lowest BCUT2D eigenvalue weighted by molar-refractivity contribution is -0.136. The van der Waals surface area contributed by atoms with Crippen molar-refractivity contribution in [1.82, 2.24) is 15.5 Å². The first-order chi connectivity index (χ1) is 14.1. The first-order valence-electron chi connectivity index (χ1n) is 9.91. The number of hydrogen-bond donors (Lipinski definition) is 3. The summed E-state index contributed by atoms with van der Waals surface area (Å²) in [7, 11) is 0. The molecule has 0 saturated carbocycles. The molecule has 0 aromatic heterocycles. The van der Waals surface area contributed by atoms with Gasteiger partial charge in [-0.2, -0.15) is 0 Å². The van der Waals surface area contributed by atoms with Crippen molar-refractivity contribution in [3.8, 4) is 0 Å². The molecule has 148 valence electrons. The van der Waals surface area contributed by atoms with Gasteiger partial charge in [0, 0.05) is 43.9 Å². The number of fused-ring (bicyclic) bond motifs is 2. The Morgan fingerprint density at radius 2 is 1.86 bits per heavy atom. The van der Waals surface area contributed by atoms with Crippen molar-refractivity contribution in [2.75, 3.05) is 5.32 Å². The summed E-state index contributed by atoms with van der Waals surface area (Å²) >= 11 is 0.